The van der Waals surface area contributed by atoms with Crippen LogP contribution in [0.2, 0.25) is 0 Å². The molecule has 0 aromatic carbocycles. The molecule has 2 N–H and O–H groups in total. The quantitative estimate of drug-likeness (QED) is 0.653. The van der Waals surface area contributed by atoms with Crippen LogP contribution in [-0.2, 0) is 18.5 Å². The van der Waals surface area contributed by atoms with Gasteiger partial charge in [0.25, 0.3) is 0 Å². The van der Waals surface area contributed by atoms with Gasteiger partial charge in [-0.05, 0) is 32.9 Å². The van der Waals surface area contributed by atoms with Gasteiger partial charge >= 0.3 is 0 Å². The normalized spacial score (nSPS) is 16.4. The van der Waals surface area contributed by atoms with Gasteiger partial charge in [0.15, 0.2) is 5.65 Å². The number of nitrogens with two attached hydrogens (primary N) is 1. The maximum Gasteiger partial charge on any atom is 0.157 e. The number of likely N-dealkylation sites (tertiary alicyclic amines) is 1. The van der Waals surface area contributed by atoms with Gasteiger partial charge in [0.05, 0.1) is 17.9 Å². The van der Waals surface area contributed by atoms with E-state index in [4.69, 9.17) is 10.7 Å². The molecule has 0 bridgehead atoms. The van der Waals surface area contributed by atoms with E-state index in [0.29, 0.717) is 11.7 Å². The number of hydrogen-bond donors (Lipinski definition) is 1. The monoisotopic (exact) mass is 407 g/mol. The molecule has 4 heterocycles. The highest BCUT2D eigenvalue weighted by molar-refractivity contribution is 5.49. The van der Waals surface area contributed by atoms with Gasteiger partial charge in [-0.15, -0.1) is 6.58 Å². The molecule has 0 saturated carbocycles. The molecule has 3 aromatic heterocycles. The summed E-state index contributed by atoms with van der Waals surface area (Å²) in [5.41, 5.74) is 11.7. The molecule has 1 aliphatic heterocycles. The van der Waals surface area contributed by atoms with Crippen LogP contribution < -0.4 is 5.73 Å². The molecule has 1 saturated heterocycles. The molecule has 7 heteroatoms. The summed E-state index contributed by atoms with van der Waals surface area (Å²) in [6.45, 7) is 16.2. The number of allylic oxidation sites excluding steroid dienone is 1. The Hall–Kier alpha value is -2.67. The second-order valence-corrected chi connectivity index (χ2v) is 9.46. The Morgan fingerprint density at radius 1 is 1.20 bits per heavy atom. The van der Waals surface area contributed by atoms with Crippen LogP contribution in [0, 0.1) is 6.92 Å². The molecule has 4 rings (SSSR count). The lowest BCUT2D eigenvalue weighted by Gasteiger charge is -2.31. The average molecular weight is 408 g/mol. The summed E-state index contributed by atoms with van der Waals surface area (Å²) in [5.74, 6) is 1.10. The maximum absolute atomic E-state index is 6.33. The minimum Gasteiger partial charge on any atom is -0.384 e. The van der Waals surface area contributed by atoms with E-state index >= 15 is 0 Å². The lowest BCUT2D eigenvalue weighted by Crippen LogP contribution is -2.32. The summed E-state index contributed by atoms with van der Waals surface area (Å²) in [6, 6.07) is 4.08. The molecule has 160 valence electrons. The van der Waals surface area contributed by atoms with Crippen molar-refractivity contribution >= 4 is 11.5 Å². The first-order valence-electron chi connectivity index (χ1n) is 10.8. The number of aromatic nitrogens is 5. The number of anilines is 1. The Morgan fingerprint density at radius 2 is 1.93 bits per heavy atom. The molecular formula is C23H33N7. The van der Waals surface area contributed by atoms with E-state index in [0.717, 1.165) is 61.7 Å². The summed E-state index contributed by atoms with van der Waals surface area (Å²) in [4.78, 5) is 7.43. The number of rotatable bonds is 5. The van der Waals surface area contributed by atoms with Crippen molar-refractivity contribution in [1.29, 1.82) is 0 Å². The van der Waals surface area contributed by atoms with Crippen LogP contribution >= 0.6 is 0 Å². The van der Waals surface area contributed by atoms with Gasteiger partial charge in [-0.1, -0.05) is 26.8 Å². The van der Waals surface area contributed by atoms with E-state index in [1.165, 1.54) is 5.56 Å². The highest BCUT2D eigenvalue weighted by atomic mass is 15.3. The molecule has 0 radical (unpaired) electrons. The lowest BCUT2D eigenvalue weighted by molar-refractivity contribution is 0.203. The smallest absolute Gasteiger partial charge is 0.157 e. The first-order valence-corrected chi connectivity index (χ1v) is 10.8. The van der Waals surface area contributed by atoms with Gasteiger partial charge in [-0.2, -0.15) is 14.7 Å². The predicted molar refractivity (Wildman–Crippen MR) is 121 cm³/mol. The van der Waals surface area contributed by atoms with Crippen molar-refractivity contribution in [2.24, 2.45) is 0 Å². The van der Waals surface area contributed by atoms with Crippen molar-refractivity contribution in [2.45, 2.75) is 65.0 Å². The van der Waals surface area contributed by atoms with Crippen LogP contribution in [0.15, 0.2) is 31.0 Å². The van der Waals surface area contributed by atoms with E-state index < -0.39 is 0 Å². The first-order chi connectivity index (χ1) is 14.2. The van der Waals surface area contributed by atoms with Gasteiger partial charge in [-0.25, -0.2) is 4.98 Å². The molecule has 30 heavy (non-hydrogen) atoms. The highest BCUT2D eigenvalue weighted by Crippen LogP contribution is 2.30. The molecule has 7 nitrogen and oxygen atoms in total. The van der Waals surface area contributed by atoms with Crippen LogP contribution in [-0.4, -0.2) is 42.4 Å². The summed E-state index contributed by atoms with van der Waals surface area (Å²) in [7, 11) is 0. The predicted octanol–water partition coefficient (Wildman–Crippen LogP) is 3.68. The Balaban J connectivity index is 1.45. The molecule has 1 aliphatic rings. The minimum atomic E-state index is -0.0246. The summed E-state index contributed by atoms with van der Waals surface area (Å²) in [5, 5.41) is 9.23. The van der Waals surface area contributed by atoms with E-state index in [1.807, 2.05) is 16.8 Å². The van der Waals surface area contributed by atoms with Gasteiger partial charge < -0.3 is 5.73 Å². The third kappa shape index (κ3) is 4.12. The van der Waals surface area contributed by atoms with Crippen LogP contribution in [0.25, 0.3) is 5.65 Å². The summed E-state index contributed by atoms with van der Waals surface area (Å²) < 4.78 is 3.73. The Morgan fingerprint density at radius 3 is 2.60 bits per heavy atom. The molecule has 3 aromatic rings. The Bertz CT molecular complexity index is 1050. The van der Waals surface area contributed by atoms with E-state index in [9.17, 15) is 0 Å². The van der Waals surface area contributed by atoms with Crippen molar-refractivity contribution in [3.05, 3.63) is 53.6 Å². The van der Waals surface area contributed by atoms with Gasteiger partial charge in [-0.3, -0.25) is 9.58 Å². The van der Waals surface area contributed by atoms with Gasteiger partial charge in [0, 0.05) is 47.5 Å². The lowest BCUT2D eigenvalue weighted by atomic mass is 9.92. The number of hydrogen-bond acceptors (Lipinski definition) is 5. The first kappa shape index (κ1) is 20.6. The maximum atomic E-state index is 6.33. The zero-order valence-corrected chi connectivity index (χ0v) is 18.6. The van der Waals surface area contributed by atoms with Crippen LogP contribution in [0.3, 0.4) is 0 Å². The van der Waals surface area contributed by atoms with E-state index in [-0.39, 0.29) is 5.41 Å². The van der Waals surface area contributed by atoms with Crippen molar-refractivity contribution in [3.63, 3.8) is 0 Å². The van der Waals surface area contributed by atoms with Crippen LogP contribution in [0.5, 0.6) is 0 Å². The van der Waals surface area contributed by atoms with Crippen molar-refractivity contribution in [1.82, 2.24) is 29.3 Å². The van der Waals surface area contributed by atoms with Crippen molar-refractivity contribution in [2.75, 3.05) is 18.8 Å². The Labute approximate surface area is 178 Å². The zero-order valence-electron chi connectivity index (χ0n) is 18.6. The minimum absolute atomic E-state index is 0.0246. The number of piperidine rings is 1. The molecule has 0 amide bonds. The molecule has 0 atom stereocenters. The fourth-order valence-electron chi connectivity index (χ4n) is 4.16. The average Bonchev–Trinajstić information content (AvgIpc) is 3.27. The van der Waals surface area contributed by atoms with Gasteiger partial charge in [0.2, 0.25) is 0 Å². The fourth-order valence-corrected chi connectivity index (χ4v) is 4.16. The summed E-state index contributed by atoms with van der Waals surface area (Å²) >= 11 is 0. The van der Waals surface area contributed by atoms with Crippen molar-refractivity contribution < 1.29 is 0 Å². The molecule has 0 aliphatic carbocycles. The van der Waals surface area contributed by atoms with Crippen molar-refractivity contribution in [3.8, 4) is 0 Å². The largest absolute Gasteiger partial charge is 0.384 e. The van der Waals surface area contributed by atoms with E-state index in [1.54, 1.807) is 4.52 Å². The molecule has 1 fully saturated rings. The topological polar surface area (TPSA) is 77.3 Å². The zero-order chi connectivity index (χ0) is 21.5. The number of nitrogen functional groups attached to an aromatic ring is 1. The second-order valence-electron chi connectivity index (χ2n) is 9.46. The number of fused-ring (bicyclic) bond motifs is 1. The van der Waals surface area contributed by atoms with Crippen LogP contribution in [0.4, 0.5) is 5.82 Å². The third-order valence-electron chi connectivity index (χ3n) is 6.01. The summed E-state index contributed by atoms with van der Waals surface area (Å²) in [6.07, 6.45) is 6.19. The fraction of sp³-hybridized carbons (Fsp3) is 0.522. The molecular weight excluding hydrogens is 374 g/mol. The van der Waals surface area contributed by atoms with E-state index in [2.05, 4.69) is 61.6 Å². The SMILES string of the molecule is C=CCn1cc(CN2CCC(c3cc(N)n4nc(C(C)(C)C)cc4n3)CC2)c(C)n1. The standard InChI is InChI=1S/C23H33N7/c1-6-9-29-15-18(16(2)26-29)14-28-10-7-17(8-11-28)19-12-21(24)30-22(25-19)13-20(27-30)23(3,4)5/h6,12-13,15,17H,1,7-11,14,24H2,2-5H3. The number of aryl methyl sites for hydroxylation is 1. The third-order valence-corrected chi connectivity index (χ3v) is 6.01. The molecule has 0 spiro atoms. The Kier molecular flexibility index (Phi) is 5.40. The molecule has 0 unspecified atom stereocenters. The number of nitrogens with zero attached hydrogens (tertiary/aromatic N) is 6. The van der Waals surface area contributed by atoms with Crippen LogP contribution in [0.1, 0.15) is 62.2 Å². The van der Waals surface area contributed by atoms with Gasteiger partial charge in [0.1, 0.15) is 5.82 Å². The second kappa shape index (κ2) is 7.87. The highest BCUT2D eigenvalue weighted by Gasteiger charge is 2.25.